The van der Waals surface area contributed by atoms with E-state index in [0.29, 0.717) is 0 Å². The van der Waals surface area contributed by atoms with Crippen molar-refractivity contribution in [2.24, 2.45) is 0 Å². The number of nitrogens with one attached hydrogen (secondary N) is 1. The van der Waals surface area contributed by atoms with Gasteiger partial charge in [0, 0.05) is 19.8 Å². The van der Waals surface area contributed by atoms with Gasteiger partial charge in [0.05, 0.1) is 0 Å². The number of hydrogen-bond acceptors (Lipinski definition) is 3. The van der Waals surface area contributed by atoms with E-state index < -0.39 is 8.56 Å². The molecule has 1 aromatic rings. The van der Waals surface area contributed by atoms with E-state index in [1.165, 1.54) is 18.4 Å². The van der Waals surface area contributed by atoms with Gasteiger partial charge in [0.15, 0.2) is 0 Å². The van der Waals surface area contributed by atoms with Crippen LogP contribution in [0.1, 0.15) is 32.3 Å². The van der Waals surface area contributed by atoms with E-state index in [0.717, 1.165) is 32.3 Å². The predicted octanol–water partition coefficient (Wildman–Crippen LogP) is 3.70. The molecule has 1 N–H and O–H groups in total. The summed E-state index contributed by atoms with van der Waals surface area (Å²) in [7, 11) is -1.90. The minimum Gasteiger partial charge on any atom is -0.395 e. The second-order valence-electron chi connectivity index (χ2n) is 5.12. The highest BCUT2D eigenvalue weighted by atomic mass is 28.4. The number of benzene rings is 1. The molecule has 0 aliphatic carbocycles. The maximum atomic E-state index is 5.84. The highest BCUT2D eigenvalue weighted by molar-refractivity contribution is 6.66. The maximum Gasteiger partial charge on any atom is 0.334 e. The number of unbranched alkanes of at least 4 members (excludes halogenated alkanes) is 1. The van der Waals surface area contributed by atoms with E-state index >= 15 is 0 Å². The standard InChI is InChI=1S/C16H29NO2Si/c1-4-18-20(3,19-5-2)14-10-9-13-17-15-16-11-7-6-8-12-16/h6-8,11-12,17H,4-5,9-10,13-15H2,1-3H3. The van der Waals surface area contributed by atoms with Crippen molar-refractivity contribution in [1.29, 1.82) is 0 Å². The van der Waals surface area contributed by atoms with Crippen molar-refractivity contribution in [1.82, 2.24) is 5.32 Å². The quantitative estimate of drug-likeness (QED) is 0.499. The molecule has 114 valence electrons. The highest BCUT2D eigenvalue weighted by Crippen LogP contribution is 2.16. The minimum absolute atomic E-state index is 0.759. The van der Waals surface area contributed by atoms with Gasteiger partial charge >= 0.3 is 8.56 Å². The van der Waals surface area contributed by atoms with Crippen molar-refractivity contribution < 1.29 is 8.85 Å². The van der Waals surface area contributed by atoms with Crippen LogP contribution in [0.15, 0.2) is 30.3 Å². The van der Waals surface area contributed by atoms with Gasteiger partial charge in [0.1, 0.15) is 0 Å². The second-order valence-corrected chi connectivity index (χ2v) is 8.46. The van der Waals surface area contributed by atoms with Gasteiger partial charge < -0.3 is 14.2 Å². The first-order valence-corrected chi connectivity index (χ1v) is 10.2. The van der Waals surface area contributed by atoms with Crippen LogP contribution >= 0.6 is 0 Å². The summed E-state index contributed by atoms with van der Waals surface area (Å²) < 4.78 is 11.7. The van der Waals surface area contributed by atoms with Crippen molar-refractivity contribution in [2.75, 3.05) is 19.8 Å². The largest absolute Gasteiger partial charge is 0.395 e. The van der Waals surface area contributed by atoms with E-state index in [1.54, 1.807) is 0 Å². The molecule has 1 aromatic carbocycles. The Labute approximate surface area is 124 Å². The average Bonchev–Trinajstić information content (AvgIpc) is 2.44. The lowest BCUT2D eigenvalue weighted by Gasteiger charge is -2.25. The van der Waals surface area contributed by atoms with E-state index in [2.05, 4.69) is 42.2 Å². The zero-order valence-electron chi connectivity index (χ0n) is 13.2. The van der Waals surface area contributed by atoms with Crippen molar-refractivity contribution >= 4 is 8.56 Å². The minimum atomic E-state index is -1.90. The number of hydrogen-bond donors (Lipinski definition) is 1. The van der Waals surface area contributed by atoms with Gasteiger partial charge in [0.2, 0.25) is 0 Å². The summed E-state index contributed by atoms with van der Waals surface area (Å²) in [4.78, 5) is 0. The molecular formula is C16H29NO2Si. The lowest BCUT2D eigenvalue weighted by molar-refractivity contribution is 0.188. The number of rotatable bonds is 11. The Bertz CT molecular complexity index is 340. The maximum absolute atomic E-state index is 5.84. The Morgan fingerprint density at radius 3 is 2.25 bits per heavy atom. The summed E-state index contributed by atoms with van der Waals surface area (Å²) >= 11 is 0. The molecule has 1 rings (SSSR count). The summed E-state index contributed by atoms with van der Waals surface area (Å²) in [5.41, 5.74) is 1.34. The Morgan fingerprint density at radius 2 is 1.65 bits per heavy atom. The molecule has 0 spiro atoms. The van der Waals surface area contributed by atoms with Crippen LogP contribution < -0.4 is 5.32 Å². The van der Waals surface area contributed by atoms with Crippen molar-refractivity contribution in [3.8, 4) is 0 Å². The Balaban J connectivity index is 2.11. The molecule has 0 aliphatic heterocycles. The van der Waals surface area contributed by atoms with Crippen LogP contribution in [-0.2, 0) is 15.4 Å². The molecule has 0 saturated carbocycles. The average molecular weight is 295 g/mol. The van der Waals surface area contributed by atoms with Crippen molar-refractivity contribution in [3.63, 3.8) is 0 Å². The molecule has 0 saturated heterocycles. The fourth-order valence-electron chi connectivity index (χ4n) is 2.32. The van der Waals surface area contributed by atoms with Gasteiger partial charge in [-0.15, -0.1) is 0 Å². The molecule has 0 unspecified atom stereocenters. The normalized spacial score (nSPS) is 11.8. The molecule has 0 heterocycles. The molecule has 0 radical (unpaired) electrons. The van der Waals surface area contributed by atoms with Crippen LogP contribution in [0.2, 0.25) is 12.6 Å². The Kier molecular flexibility index (Phi) is 8.77. The summed E-state index contributed by atoms with van der Waals surface area (Å²) in [6.45, 7) is 9.79. The highest BCUT2D eigenvalue weighted by Gasteiger charge is 2.29. The van der Waals surface area contributed by atoms with Gasteiger partial charge in [-0.05, 0) is 45.0 Å². The van der Waals surface area contributed by atoms with Crippen LogP contribution in [0.25, 0.3) is 0 Å². The fraction of sp³-hybridized carbons (Fsp3) is 0.625. The fourth-order valence-corrected chi connectivity index (χ4v) is 4.81. The summed E-state index contributed by atoms with van der Waals surface area (Å²) in [5, 5.41) is 3.49. The van der Waals surface area contributed by atoms with E-state index in [9.17, 15) is 0 Å². The molecule has 20 heavy (non-hydrogen) atoms. The molecule has 0 fully saturated rings. The zero-order chi connectivity index (χ0) is 14.7. The van der Waals surface area contributed by atoms with Crippen LogP contribution in [0.5, 0.6) is 0 Å². The SMILES string of the molecule is CCO[Si](C)(CCCCNCc1ccccc1)OCC. The van der Waals surface area contributed by atoms with E-state index in [-0.39, 0.29) is 0 Å². The lowest BCUT2D eigenvalue weighted by Crippen LogP contribution is -2.38. The Hall–Kier alpha value is -0.683. The predicted molar refractivity (Wildman–Crippen MR) is 87.1 cm³/mol. The van der Waals surface area contributed by atoms with Gasteiger partial charge in [0.25, 0.3) is 0 Å². The summed E-state index contributed by atoms with van der Waals surface area (Å²) in [6.07, 6.45) is 2.35. The van der Waals surface area contributed by atoms with Gasteiger partial charge in [-0.1, -0.05) is 36.8 Å². The molecule has 0 aliphatic rings. The van der Waals surface area contributed by atoms with Crippen LogP contribution in [0.4, 0.5) is 0 Å². The lowest BCUT2D eigenvalue weighted by atomic mass is 10.2. The summed E-state index contributed by atoms with van der Waals surface area (Å²) in [6, 6.07) is 11.6. The van der Waals surface area contributed by atoms with E-state index in [4.69, 9.17) is 8.85 Å². The van der Waals surface area contributed by atoms with Crippen molar-refractivity contribution in [2.45, 2.75) is 45.8 Å². The van der Waals surface area contributed by atoms with Gasteiger partial charge in [-0.25, -0.2) is 0 Å². The first-order valence-electron chi connectivity index (χ1n) is 7.72. The summed E-state index contributed by atoms with van der Waals surface area (Å²) in [5.74, 6) is 0. The van der Waals surface area contributed by atoms with Crippen molar-refractivity contribution in [3.05, 3.63) is 35.9 Å². The first kappa shape index (κ1) is 17.4. The molecular weight excluding hydrogens is 266 g/mol. The second kappa shape index (κ2) is 10.1. The third kappa shape index (κ3) is 7.19. The first-order chi connectivity index (χ1) is 9.70. The molecule has 4 heteroatoms. The van der Waals surface area contributed by atoms with Gasteiger partial charge in [-0.2, -0.15) is 0 Å². The van der Waals surface area contributed by atoms with Crippen LogP contribution in [-0.4, -0.2) is 28.3 Å². The molecule has 0 bridgehead atoms. The van der Waals surface area contributed by atoms with Gasteiger partial charge in [-0.3, -0.25) is 0 Å². The topological polar surface area (TPSA) is 30.5 Å². The molecule has 0 aromatic heterocycles. The Morgan fingerprint density at radius 1 is 1.00 bits per heavy atom. The van der Waals surface area contributed by atoms with E-state index in [1.807, 2.05) is 13.8 Å². The third-order valence-corrected chi connectivity index (χ3v) is 6.37. The monoisotopic (exact) mass is 295 g/mol. The van der Waals surface area contributed by atoms with Crippen LogP contribution in [0.3, 0.4) is 0 Å². The molecule has 0 atom stereocenters. The smallest absolute Gasteiger partial charge is 0.334 e. The zero-order valence-corrected chi connectivity index (χ0v) is 14.2. The molecule has 0 amide bonds. The third-order valence-electron chi connectivity index (χ3n) is 3.31. The van der Waals surface area contributed by atoms with Crippen LogP contribution in [0, 0.1) is 0 Å². The molecule has 3 nitrogen and oxygen atoms in total.